The predicted octanol–water partition coefficient (Wildman–Crippen LogP) is 1.87. The van der Waals surface area contributed by atoms with E-state index in [2.05, 4.69) is 5.32 Å². The first kappa shape index (κ1) is 13.4. The number of carbonyl (C=O) groups excluding carboxylic acids is 1. The number of nitrogens with zero attached hydrogens (tertiary/aromatic N) is 1. The zero-order valence-corrected chi connectivity index (χ0v) is 11.0. The van der Waals surface area contributed by atoms with Crippen molar-refractivity contribution in [2.24, 2.45) is 0 Å². The third kappa shape index (κ3) is 3.24. The molecule has 1 aromatic carbocycles. The molecule has 2 N–H and O–H groups in total. The fourth-order valence-electron chi connectivity index (χ4n) is 2.27. The van der Waals surface area contributed by atoms with Crippen molar-refractivity contribution >= 4 is 23.3 Å². The van der Waals surface area contributed by atoms with Crippen LogP contribution in [0.1, 0.15) is 25.3 Å². The van der Waals surface area contributed by atoms with Crippen LogP contribution in [0.15, 0.2) is 18.2 Å². The summed E-state index contributed by atoms with van der Waals surface area (Å²) in [5, 5.41) is 11.6. The van der Waals surface area contributed by atoms with Crippen LogP contribution < -0.4 is 10.2 Å². The first-order valence-electron chi connectivity index (χ1n) is 6.49. The number of carboxylic acid groups (broad SMARTS) is 1. The summed E-state index contributed by atoms with van der Waals surface area (Å²) >= 11 is 0. The van der Waals surface area contributed by atoms with Crippen LogP contribution >= 0.6 is 0 Å². The average molecular weight is 262 g/mol. The topological polar surface area (TPSA) is 69.6 Å². The number of carboxylic acids is 1. The number of aliphatic carboxylic acids is 1. The Kier molecular flexibility index (Phi) is 4.04. The second-order valence-corrected chi connectivity index (χ2v) is 4.61. The molecule has 1 heterocycles. The minimum atomic E-state index is -0.788. The van der Waals surface area contributed by atoms with Gasteiger partial charge in [-0.1, -0.05) is 0 Å². The van der Waals surface area contributed by atoms with Crippen LogP contribution in [0.5, 0.6) is 0 Å². The molecule has 5 nitrogen and oxygen atoms in total. The number of hydrogen-bond acceptors (Lipinski definition) is 3. The van der Waals surface area contributed by atoms with Crippen molar-refractivity contribution in [3.63, 3.8) is 0 Å². The van der Waals surface area contributed by atoms with Gasteiger partial charge in [-0.3, -0.25) is 9.59 Å². The third-order valence-electron chi connectivity index (χ3n) is 3.33. The van der Waals surface area contributed by atoms with Crippen LogP contribution in [-0.2, 0) is 16.0 Å². The van der Waals surface area contributed by atoms with Gasteiger partial charge >= 0.3 is 5.97 Å². The zero-order chi connectivity index (χ0) is 13.8. The van der Waals surface area contributed by atoms with Gasteiger partial charge in [-0.2, -0.15) is 0 Å². The Hall–Kier alpha value is -2.04. The minimum Gasteiger partial charge on any atom is -0.481 e. The lowest BCUT2D eigenvalue weighted by molar-refractivity contribution is -0.136. The van der Waals surface area contributed by atoms with Gasteiger partial charge in [-0.05, 0) is 37.1 Å². The average Bonchev–Trinajstić information content (AvgIpc) is 2.39. The van der Waals surface area contributed by atoms with Crippen molar-refractivity contribution in [3.05, 3.63) is 23.8 Å². The van der Waals surface area contributed by atoms with E-state index >= 15 is 0 Å². The van der Waals surface area contributed by atoms with E-state index in [-0.39, 0.29) is 12.3 Å². The molecule has 0 aromatic heterocycles. The van der Waals surface area contributed by atoms with E-state index in [0.717, 1.165) is 29.9 Å². The van der Waals surface area contributed by atoms with Crippen molar-refractivity contribution in [3.8, 4) is 0 Å². The molecule has 102 valence electrons. The maximum absolute atomic E-state index is 11.3. The number of hydrogen-bond donors (Lipinski definition) is 2. The Balaban J connectivity index is 2.15. The van der Waals surface area contributed by atoms with Crippen molar-refractivity contribution < 1.29 is 14.7 Å². The number of amides is 1. The summed E-state index contributed by atoms with van der Waals surface area (Å²) < 4.78 is 0. The van der Waals surface area contributed by atoms with E-state index in [4.69, 9.17) is 5.11 Å². The van der Waals surface area contributed by atoms with Crippen molar-refractivity contribution in [2.75, 3.05) is 23.3 Å². The standard InChI is InChI=1S/C14H18N2O3/c1-2-16(8-7-14(18)19)11-4-5-12-10(9-11)3-6-13(17)15-12/h4-5,9H,2-3,6-8H2,1H3,(H,15,17)(H,18,19). The Morgan fingerprint density at radius 1 is 1.42 bits per heavy atom. The van der Waals surface area contributed by atoms with Crippen molar-refractivity contribution in [1.29, 1.82) is 0 Å². The van der Waals surface area contributed by atoms with Gasteiger partial charge in [-0.25, -0.2) is 0 Å². The summed E-state index contributed by atoms with van der Waals surface area (Å²) in [7, 11) is 0. The van der Waals surface area contributed by atoms with Crippen molar-refractivity contribution in [2.45, 2.75) is 26.2 Å². The molecule has 0 saturated carbocycles. The molecule has 0 unspecified atom stereocenters. The summed E-state index contributed by atoms with van der Waals surface area (Å²) in [5.74, 6) is -0.734. The summed E-state index contributed by atoms with van der Waals surface area (Å²) in [6, 6.07) is 5.86. The highest BCUT2D eigenvalue weighted by atomic mass is 16.4. The van der Waals surface area contributed by atoms with Gasteiger partial charge in [-0.15, -0.1) is 0 Å². The Labute approximate surface area is 112 Å². The SMILES string of the molecule is CCN(CCC(=O)O)c1ccc2c(c1)CCC(=O)N2. The number of aryl methyl sites for hydroxylation is 1. The molecule has 0 bridgehead atoms. The van der Waals surface area contributed by atoms with Gasteiger partial charge in [0.15, 0.2) is 0 Å². The van der Waals surface area contributed by atoms with Gasteiger partial charge in [0.05, 0.1) is 6.42 Å². The number of anilines is 2. The smallest absolute Gasteiger partial charge is 0.305 e. The van der Waals surface area contributed by atoms with Gasteiger partial charge in [0.2, 0.25) is 5.91 Å². The highest BCUT2D eigenvalue weighted by Gasteiger charge is 2.16. The molecule has 0 radical (unpaired) electrons. The molecule has 1 aliphatic heterocycles. The van der Waals surface area contributed by atoms with Crippen LogP contribution in [-0.4, -0.2) is 30.1 Å². The van der Waals surface area contributed by atoms with E-state index in [1.165, 1.54) is 0 Å². The Morgan fingerprint density at radius 2 is 2.21 bits per heavy atom. The predicted molar refractivity (Wildman–Crippen MR) is 73.5 cm³/mol. The van der Waals surface area contributed by atoms with Gasteiger partial charge in [0, 0.05) is 30.9 Å². The molecule has 0 saturated heterocycles. The zero-order valence-electron chi connectivity index (χ0n) is 11.0. The van der Waals surface area contributed by atoms with E-state index in [1.807, 2.05) is 30.0 Å². The maximum atomic E-state index is 11.3. The number of fused-ring (bicyclic) bond motifs is 1. The summed E-state index contributed by atoms with van der Waals surface area (Å²) in [5.41, 5.74) is 3.00. The largest absolute Gasteiger partial charge is 0.481 e. The number of benzene rings is 1. The molecule has 1 aromatic rings. The minimum absolute atomic E-state index is 0.0541. The second-order valence-electron chi connectivity index (χ2n) is 4.61. The van der Waals surface area contributed by atoms with Gasteiger partial charge in [0.25, 0.3) is 0 Å². The molecule has 2 rings (SSSR count). The quantitative estimate of drug-likeness (QED) is 0.850. The Bertz CT molecular complexity index is 499. The third-order valence-corrected chi connectivity index (χ3v) is 3.33. The molecule has 0 fully saturated rings. The lowest BCUT2D eigenvalue weighted by Crippen LogP contribution is -2.26. The fraction of sp³-hybridized carbons (Fsp3) is 0.429. The van der Waals surface area contributed by atoms with E-state index in [9.17, 15) is 9.59 Å². The summed E-state index contributed by atoms with van der Waals surface area (Å²) in [6.07, 6.45) is 1.38. The molecular weight excluding hydrogens is 244 g/mol. The normalized spacial score (nSPS) is 13.6. The molecule has 1 aliphatic rings. The first-order chi connectivity index (χ1) is 9.10. The fourth-order valence-corrected chi connectivity index (χ4v) is 2.27. The summed E-state index contributed by atoms with van der Waals surface area (Å²) in [6.45, 7) is 3.26. The first-order valence-corrected chi connectivity index (χ1v) is 6.49. The van der Waals surface area contributed by atoms with Crippen molar-refractivity contribution in [1.82, 2.24) is 0 Å². The highest BCUT2D eigenvalue weighted by molar-refractivity contribution is 5.94. The highest BCUT2D eigenvalue weighted by Crippen LogP contribution is 2.27. The molecule has 5 heteroatoms. The van der Waals surface area contributed by atoms with Crippen LogP contribution in [0.25, 0.3) is 0 Å². The Morgan fingerprint density at radius 3 is 2.89 bits per heavy atom. The molecule has 0 atom stereocenters. The van der Waals surface area contributed by atoms with Crippen LogP contribution in [0.3, 0.4) is 0 Å². The van der Waals surface area contributed by atoms with Gasteiger partial charge in [0.1, 0.15) is 0 Å². The molecule has 0 spiro atoms. The number of rotatable bonds is 5. The number of nitrogens with one attached hydrogen (secondary N) is 1. The van der Waals surface area contributed by atoms with E-state index in [0.29, 0.717) is 13.0 Å². The molecule has 0 aliphatic carbocycles. The molecular formula is C14H18N2O3. The molecule has 1 amide bonds. The maximum Gasteiger partial charge on any atom is 0.305 e. The monoisotopic (exact) mass is 262 g/mol. The second kappa shape index (κ2) is 5.73. The van der Waals surface area contributed by atoms with Crippen LogP contribution in [0, 0.1) is 0 Å². The van der Waals surface area contributed by atoms with Gasteiger partial charge < -0.3 is 15.3 Å². The summed E-state index contributed by atoms with van der Waals surface area (Å²) in [4.78, 5) is 24.0. The van der Waals surface area contributed by atoms with E-state index < -0.39 is 5.97 Å². The number of carbonyl (C=O) groups is 2. The van der Waals surface area contributed by atoms with Crippen LogP contribution in [0.4, 0.5) is 11.4 Å². The lowest BCUT2D eigenvalue weighted by Gasteiger charge is -2.25. The van der Waals surface area contributed by atoms with Crippen LogP contribution in [0.2, 0.25) is 0 Å². The van der Waals surface area contributed by atoms with E-state index in [1.54, 1.807) is 0 Å². The molecule has 19 heavy (non-hydrogen) atoms. The lowest BCUT2D eigenvalue weighted by atomic mass is 10.0.